The molecule has 0 unspecified atom stereocenters. The zero-order chi connectivity index (χ0) is 16.1. The monoisotopic (exact) mass is 337 g/mol. The standard InChI is InChI=1S/C18H27NO3S/c1-2-3-15-10-14(12-23-15)18(20)19-17-6-9-22-11-16(17)13-4-7-21-8-5-13/h10,12-13,16-17H,2-9,11H2,1H3,(H,19,20)/t16-,17-/m1/s1. The van der Waals surface area contributed by atoms with Crippen molar-refractivity contribution < 1.29 is 14.3 Å². The second-order valence-electron chi connectivity index (χ2n) is 6.61. The van der Waals surface area contributed by atoms with E-state index in [0.717, 1.165) is 64.1 Å². The molecular formula is C18H27NO3S. The fraction of sp³-hybridized carbons (Fsp3) is 0.722. The Hall–Kier alpha value is -0.910. The van der Waals surface area contributed by atoms with Gasteiger partial charge in [-0.25, -0.2) is 0 Å². The van der Waals surface area contributed by atoms with Gasteiger partial charge in [-0.15, -0.1) is 11.3 Å². The van der Waals surface area contributed by atoms with E-state index in [1.165, 1.54) is 4.88 Å². The first-order valence-electron chi connectivity index (χ1n) is 8.81. The first kappa shape index (κ1) is 16.9. The molecule has 3 rings (SSSR count). The average molecular weight is 337 g/mol. The van der Waals surface area contributed by atoms with E-state index in [9.17, 15) is 4.79 Å². The van der Waals surface area contributed by atoms with E-state index in [1.807, 2.05) is 11.4 Å². The van der Waals surface area contributed by atoms with Gasteiger partial charge in [0.2, 0.25) is 0 Å². The highest BCUT2D eigenvalue weighted by atomic mass is 32.1. The topological polar surface area (TPSA) is 47.6 Å². The van der Waals surface area contributed by atoms with Crippen molar-refractivity contribution >= 4 is 17.2 Å². The molecule has 2 aliphatic heterocycles. The van der Waals surface area contributed by atoms with Crippen LogP contribution in [0.2, 0.25) is 0 Å². The number of aryl methyl sites for hydroxylation is 1. The molecule has 2 aliphatic rings. The molecule has 0 radical (unpaired) electrons. The summed E-state index contributed by atoms with van der Waals surface area (Å²) in [6.45, 7) is 5.36. The van der Waals surface area contributed by atoms with Gasteiger partial charge in [-0.2, -0.15) is 0 Å². The third-order valence-electron chi connectivity index (χ3n) is 5.00. The van der Waals surface area contributed by atoms with E-state index in [2.05, 4.69) is 12.2 Å². The maximum absolute atomic E-state index is 12.6. The molecule has 1 aromatic heterocycles. The van der Waals surface area contributed by atoms with Crippen LogP contribution in [0.1, 0.15) is 47.8 Å². The minimum absolute atomic E-state index is 0.0764. The molecule has 2 atom stereocenters. The summed E-state index contributed by atoms with van der Waals surface area (Å²) >= 11 is 1.69. The number of carbonyl (C=O) groups excluding carboxylic acids is 1. The number of rotatable bonds is 5. The molecule has 5 heteroatoms. The number of nitrogens with one attached hydrogen (secondary N) is 1. The SMILES string of the molecule is CCCc1cc(C(=O)N[C@@H]2CCOC[C@@H]2C2CCOCC2)cs1. The van der Waals surface area contributed by atoms with Gasteiger partial charge in [0.05, 0.1) is 12.2 Å². The summed E-state index contributed by atoms with van der Waals surface area (Å²) in [6, 6.07) is 2.28. The predicted molar refractivity (Wildman–Crippen MR) is 92.0 cm³/mol. The van der Waals surface area contributed by atoms with E-state index in [0.29, 0.717) is 11.8 Å². The molecule has 1 N–H and O–H groups in total. The van der Waals surface area contributed by atoms with Crippen molar-refractivity contribution in [1.82, 2.24) is 5.32 Å². The molecule has 128 valence electrons. The Morgan fingerprint density at radius 1 is 1.26 bits per heavy atom. The molecule has 2 saturated heterocycles. The van der Waals surface area contributed by atoms with Crippen LogP contribution in [0.15, 0.2) is 11.4 Å². The lowest BCUT2D eigenvalue weighted by Crippen LogP contribution is -2.49. The van der Waals surface area contributed by atoms with Crippen LogP contribution < -0.4 is 5.32 Å². The van der Waals surface area contributed by atoms with Gasteiger partial charge in [0, 0.05) is 42.0 Å². The van der Waals surface area contributed by atoms with E-state index < -0.39 is 0 Å². The largest absolute Gasteiger partial charge is 0.381 e. The highest BCUT2D eigenvalue weighted by Gasteiger charge is 2.34. The molecule has 1 aromatic rings. The Labute approximate surface area is 142 Å². The third kappa shape index (κ3) is 4.34. The molecule has 0 aliphatic carbocycles. The summed E-state index contributed by atoms with van der Waals surface area (Å²) in [5, 5.41) is 5.27. The van der Waals surface area contributed by atoms with Crippen LogP contribution in [0, 0.1) is 11.8 Å². The maximum atomic E-state index is 12.6. The molecular weight excluding hydrogens is 310 g/mol. The van der Waals surface area contributed by atoms with Crippen molar-refractivity contribution in [3.05, 3.63) is 21.9 Å². The Balaban J connectivity index is 1.62. The van der Waals surface area contributed by atoms with Crippen LogP contribution in [0.4, 0.5) is 0 Å². The minimum Gasteiger partial charge on any atom is -0.381 e. The average Bonchev–Trinajstić information content (AvgIpc) is 3.05. The van der Waals surface area contributed by atoms with E-state index >= 15 is 0 Å². The summed E-state index contributed by atoms with van der Waals surface area (Å²) < 4.78 is 11.2. The molecule has 3 heterocycles. The molecule has 0 spiro atoms. The summed E-state index contributed by atoms with van der Waals surface area (Å²) in [4.78, 5) is 13.9. The van der Waals surface area contributed by atoms with Gasteiger partial charge in [-0.05, 0) is 37.7 Å². The third-order valence-corrected chi connectivity index (χ3v) is 6.00. The van der Waals surface area contributed by atoms with Crippen LogP contribution in [0.5, 0.6) is 0 Å². The predicted octanol–water partition coefficient (Wildman–Crippen LogP) is 3.26. The van der Waals surface area contributed by atoms with Crippen LogP contribution >= 0.6 is 11.3 Å². The number of hydrogen-bond donors (Lipinski definition) is 1. The molecule has 2 fully saturated rings. The van der Waals surface area contributed by atoms with E-state index in [4.69, 9.17) is 9.47 Å². The second kappa shape index (κ2) is 8.27. The zero-order valence-electron chi connectivity index (χ0n) is 13.9. The van der Waals surface area contributed by atoms with Crippen molar-refractivity contribution in [2.24, 2.45) is 11.8 Å². The Morgan fingerprint density at radius 2 is 2.04 bits per heavy atom. The van der Waals surface area contributed by atoms with Gasteiger partial charge in [0.15, 0.2) is 0 Å². The van der Waals surface area contributed by atoms with Crippen molar-refractivity contribution in [2.75, 3.05) is 26.4 Å². The van der Waals surface area contributed by atoms with Gasteiger partial charge < -0.3 is 14.8 Å². The first-order valence-corrected chi connectivity index (χ1v) is 9.69. The number of carbonyl (C=O) groups is 1. The van der Waals surface area contributed by atoms with Crippen LogP contribution in [-0.2, 0) is 15.9 Å². The van der Waals surface area contributed by atoms with Crippen LogP contribution in [0.3, 0.4) is 0 Å². The second-order valence-corrected chi connectivity index (χ2v) is 7.60. The lowest BCUT2D eigenvalue weighted by molar-refractivity contribution is -0.0259. The maximum Gasteiger partial charge on any atom is 0.252 e. The van der Waals surface area contributed by atoms with E-state index in [-0.39, 0.29) is 11.9 Å². The number of ether oxygens (including phenoxy) is 2. The molecule has 1 amide bonds. The van der Waals surface area contributed by atoms with Crippen molar-refractivity contribution in [2.45, 2.75) is 45.1 Å². The lowest BCUT2D eigenvalue weighted by atomic mass is 9.79. The zero-order valence-corrected chi connectivity index (χ0v) is 14.7. The van der Waals surface area contributed by atoms with Gasteiger partial charge in [-0.1, -0.05) is 13.3 Å². The summed E-state index contributed by atoms with van der Waals surface area (Å²) in [6.07, 6.45) is 5.26. The molecule has 4 nitrogen and oxygen atoms in total. The van der Waals surface area contributed by atoms with Gasteiger partial charge in [0.25, 0.3) is 5.91 Å². The fourth-order valence-corrected chi connectivity index (χ4v) is 4.65. The summed E-state index contributed by atoms with van der Waals surface area (Å²) in [5.74, 6) is 1.10. The van der Waals surface area contributed by atoms with Crippen molar-refractivity contribution in [3.8, 4) is 0 Å². The van der Waals surface area contributed by atoms with Gasteiger partial charge in [-0.3, -0.25) is 4.79 Å². The van der Waals surface area contributed by atoms with Crippen LogP contribution in [-0.4, -0.2) is 38.4 Å². The van der Waals surface area contributed by atoms with Crippen molar-refractivity contribution in [1.29, 1.82) is 0 Å². The quantitative estimate of drug-likeness (QED) is 0.897. The first-order chi connectivity index (χ1) is 11.3. The lowest BCUT2D eigenvalue weighted by Gasteiger charge is -2.39. The highest BCUT2D eigenvalue weighted by Crippen LogP contribution is 2.30. The fourth-order valence-electron chi connectivity index (χ4n) is 3.68. The normalized spacial score (nSPS) is 26.1. The van der Waals surface area contributed by atoms with Gasteiger partial charge >= 0.3 is 0 Å². The Kier molecular flexibility index (Phi) is 6.08. The number of hydrogen-bond acceptors (Lipinski definition) is 4. The molecule has 23 heavy (non-hydrogen) atoms. The molecule has 0 bridgehead atoms. The summed E-state index contributed by atoms with van der Waals surface area (Å²) in [7, 11) is 0. The van der Waals surface area contributed by atoms with Crippen molar-refractivity contribution in [3.63, 3.8) is 0 Å². The number of thiophene rings is 1. The molecule has 0 aromatic carbocycles. The smallest absolute Gasteiger partial charge is 0.252 e. The summed E-state index contributed by atoms with van der Waals surface area (Å²) in [5.41, 5.74) is 0.815. The highest BCUT2D eigenvalue weighted by molar-refractivity contribution is 7.10. The Bertz CT molecular complexity index is 510. The minimum atomic E-state index is 0.0764. The molecule has 0 saturated carbocycles. The van der Waals surface area contributed by atoms with E-state index in [1.54, 1.807) is 11.3 Å². The number of amides is 1. The Morgan fingerprint density at radius 3 is 2.83 bits per heavy atom. The van der Waals surface area contributed by atoms with Gasteiger partial charge in [0.1, 0.15) is 0 Å². The van der Waals surface area contributed by atoms with Crippen LogP contribution in [0.25, 0.3) is 0 Å².